The second kappa shape index (κ2) is 4.99. The van der Waals surface area contributed by atoms with E-state index in [0.717, 1.165) is 5.56 Å². The predicted octanol–water partition coefficient (Wildman–Crippen LogP) is 1.98. The highest BCUT2D eigenvalue weighted by Gasteiger charge is 2.27. The Morgan fingerprint density at radius 2 is 1.80 bits per heavy atom. The Labute approximate surface area is 84.4 Å². The Bertz CT molecular complexity index is 297. The van der Waals surface area contributed by atoms with Crippen LogP contribution in [-0.4, -0.2) is 17.9 Å². The first-order valence-corrected chi connectivity index (χ1v) is 4.17. The molecule has 0 aliphatic heterocycles. The summed E-state index contributed by atoms with van der Waals surface area (Å²) in [6, 6.07) is 6.06. The van der Waals surface area contributed by atoms with Gasteiger partial charge in [-0.05, 0) is 17.7 Å². The van der Waals surface area contributed by atoms with Crippen molar-refractivity contribution in [2.75, 3.05) is 6.61 Å². The molecular weight excluding hydrogens is 211 g/mol. The third-order valence-electron chi connectivity index (χ3n) is 1.55. The fourth-order valence-electron chi connectivity index (χ4n) is 0.881. The second-order valence-corrected chi connectivity index (χ2v) is 2.89. The van der Waals surface area contributed by atoms with Crippen LogP contribution in [-0.2, 0) is 11.4 Å². The van der Waals surface area contributed by atoms with Gasteiger partial charge in [-0.15, -0.1) is 0 Å². The van der Waals surface area contributed by atoms with E-state index in [0.29, 0.717) is 0 Å². The zero-order valence-corrected chi connectivity index (χ0v) is 7.71. The predicted molar refractivity (Wildman–Crippen MR) is 47.0 cm³/mol. The highest BCUT2D eigenvalue weighted by atomic mass is 19.4. The first-order valence-electron chi connectivity index (χ1n) is 4.17. The lowest BCUT2D eigenvalue weighted by molar-refractivity contribution is -0.190. The van der Waals surface area contributed by atoms with Crippen molar-refractivity contribution in [3.63, 3.8) is 0 Å². The van der Waals surface area contributed by atoms with E-state index in [-0.39, 0.29) is 12.3 Å². The zero-order valence-electron chi connectivity index (χ0n) is 7.71. The Morgan fingerprint density at radius 3 is 2.33 bits per heavy atom. The third-order valence-corrected chi connectivity index (χ3v) is 1.55. The van der Waals surface area contributed by atoms with Crippen molar-refractivity contribution in [2.45, 2.75) is 12.7 Å². The monoisotopic (exact) mass is 221 g/mol. The van der Waals surface area contributed by atoms with Crippen LogP contribution in [0.4, 0.5) is 13.2 Å². The number of alkyl halides is 3. The summed E-state index contributed by atoms with van der Waals surface area (Å²) in [5.41, 5.74) is 2.89. The van der Waals surface area contributed by atoms with Crippen molar-refractivity contribution in [2.24, 2.45) is 0 Å². The molecule has 0 aliphatic rings. The highest BCUT2D eigenvalue weighted by Crippen LogP contribution is 2.14. The van der Waals surface area contributed by atoms with E-state index < -0.39 is 12.8 Å². The molecule has 15 heavy (non-hydrogen) atoms. The number of halogens is 3. The van der Waals surface area contributed by atoms with Gasteiger partial charge in [0.25, 0.3) is 0 Å². The summed E-state index contributed by atoms with van der Waals surface area (Å²) in [5, 5.41) is 8.93. The molecule has 2 N–H and O–H groups in total. The lowest BCUT2D eigenvalue weighted by Crippen LogP contribution is -2.24. The summed E-state index contributed by atoms with van der Waals surface area (Å²) in [4.78, 5) is 4.19. The molecule has 1 aromatic carbocycles. The van der Waals surface area contributed by atoms with Gasteiger partial charge < -0.3 is 5.11 Å². The van der Waals surface area contributed by atoms with Crippen LogP contribution < -0.4 is 5.48 Å². The first kappa shape index (κ1) is 11.8. The third kappa shape index (κ3) is 5.24. The van der Waals surface area contributed by atoms with E-state index in [2.05, 4.69) is 10.3 Å². The minimum Gasteiger partial charge on any atom is -0.508 e. The average Bonchev–Trinajstić information content (AvgIpc) is 2.14. The summed E-state index contributed by atoms with van der Waals surface area (Å²) in [6.07, 6.45) is -4.33. The molecule has 1 aromatic rings. The number of nitrogens with one attached hydrogen (secondary N) is 1. The van der Waals surface area contributed by atoms with Crippen molar-refractivity contribution in [1.29, 1.82) is 0 Å². The molecule has 0 aliphatic carbocycles. The van der Waals surface area contributed by atoms with Crippen LogP contribution in [0.3, 0.4) is 0 Å². The number of hydrogen-bond acceptors (Lipinski definition) is 3. The molecule has 0 bridgehead atoms. The number of aromatic hydroxyl groups is 1. The fraction of sp³-hybridized carbons (Fsp3) is 0.333. The van der Waals surface area contributed by atoms with Crippen LogP contribution in [0, 0.1) is 0 Å². The highest BCUT2D eigenvalue weighted by molar-refractivity contribution is 5.25. The Balaban J connectivity index is 2.23. The number of hydroxylamine groups is 1. The van der Waals surface area contributed by atoms with Crippen LogP contribution in [0.2, 0.25) is 0 Å². The van der Waals surface area contributed by atoms with E-state index in [1.54, 1.807) is 12.1 Å². The molecule has 3 nitrogen and oxygen atoms in total. The molecule has 0 saturated heterocycles. The van der Waals surface area contributed by atoms with Crippen LogP contribution in [0.5, 0.6) is 5.75 Å². The van der Waals surface area contributed by atoms with Gasteiger partial charge in [0.2, 0.25) is 0 Å². The van der Waals surface area contributed by atoms with E-state index in [9.17, 15) is 13.2 Å². The number of phenolic OH excluding ortho intramolecular Hbond substituents is 1. The van der Waals surface area contributed by atoms with Gasteiger partial charge in [0.15, 0.2) is 6.61 Å². The molecule has 0 atom stereocenters. The topological polar surface area (TPSA) is 41.5 Å². The van der Waals surface area contributed by atoms with E-state index in [4.69, 9.17) is 5.11 Å². The number of phenols is 1. The molecule has 0 spiro atoms. The van der Waals surface area contributed by atoms with Crippen molar-refractivity contribution in [3.05, 3.63) is 29.8 Å². The van der Waals surface area contributed by atoms with Crippen molar-refractivity contribution < 1.29 is 23.1 Å². The minimum absolute atomic E-state index is 0.106. The lowest BCUT2D eigenvalue weighted by atomic mass is 10.2. The summed E-state index contributed by atoms with van der Waals surface area (Å²) in [7, 11) is 0. The minimum atomic E-state index is -4.33. The molecule has 1 rings (SSSR count). The normalized spacial score (nSPS) is 11.7. The molecule has 0 amide bonds. The van der Waals surface area contributed by atoms with Gasteiger partial charge in [0.1, 0.15) is 5.75 Å². The van der Waals surface area contributed by atoms with Gasteiger partial charge in [0, 0.05) is 6.54 Å². The summed E-state index contributed by atoms with van der Waals surface area (Å²) >= 11 is 0. The maximum atomic E-state index is 11.6. The standard InChI is InChI=1S/C9H10F3NO2/c10-9(11,12)6-15-13-5-7-1-3-8(14)4-2-7/h1-4,13-14H,5-6H2. The van der Waals surface area contributed by atoms with E-state index in [1.807, 2.05) is 0 Å². The number of rotatable bonds is 4. The molecule has 0 unspecified atom stereocenters. The van der Waals surface area contributed by atoms with Crippen molar-refractivity contribution in [3.8, 4) is 5.75 Å². The Kier molecular flexibility index (Phi) is 3.93. The maximum absolute atomic E-state index is 11.6. The number of benzene rings is 1. The van der Waals surface area contributed by atoms with Crippen LogP contribution in [0.25, 0.3) is 0 Å². The van der Waals surface area contributed by atoms with Gasteiger partial charge in [0.05, 0.1) is 0 Å². The Morgan fingerprint density at radius 1 is 1.20 bits per heavy atom. The quantitative estimate of drug-likeness (QED) is 0.603. The lowest BCUT2D eigenvalue weighted by Gasteiger charge is -2.08. The van der Waals surface area contributed by atoms with Gasteiger partial charge in [-0.2, -0.15) is 18.7 Å². The molecular formula is C9H10F3NO2. The van der Waals surface area contributed by atoms with Crippen molar-refractivity contribution in [1.82, 2.24) is 5.48 Å². The molecule has 0 heterocycles. The summed E-state index contributed by atoms with van der Waals surface area (Å²) in [6.45, 7) is -1.18. The summed E-state index contributed by atoms with van der Waals surface area (Å²) < 4.78 is 34.9. The number of hydrogen-bond donors (Lipinski definition) is 2. The molecule has 0 aromatic heterocycles. The van der Waals surface area contributed by atoms with Gasteiger partial charge >= 0.3 is 6.18 Å². The zero-order chi connectivity index (χ0) is 11.3. The Hall–Kier alpha value is -1.27. The van der Waals surface area contributed by atoms with E-state index >= 15 is 0 Å². The first-order chi connectivity index (χ1) is 6.97. The van der Waals surface area contributed by atoms with Gasteiger partial charge in [-0.3, -0.25) is 4.84 Å². The average molecular weight is 221 g/mol. The smallest absolute Gasteiger partial charge is 0.413 e. The summed E-state index contributed by atoms with van der Waals surface area (Å²) in [5.74, 6) is 0.106. The van der Waals surface area contributed by atoms with Crippen LogP contribution in [0.1, 0.15) is 5.56 Å². The molecule has 0 saturated carbocycles. The van der Waals surface area contributed by atoms with Crippen LogP contribution in [0.15, 0.2) is 24.3 Å². The SMILES string of the molecule is Oc1ccc(CNOCC(F)(F)F)cc1. The fourth-order valence-corrected chi connectivity index (χ4v) is 0.881. The van der Waals surface area contributed by atoms with Crippen LogP contribution >= 0.6 is 0 Å². The molecule has 0 radical (unpaired) electrons. The largest absolute Gasteiger partial charge is 0.508 e. The van der Waals surface area contributed by atoms with E-state index in [1.165, 1.54) is 12.1 Å². The molecule has 84 valence electrons. The molecule has 0 fully saturated rings. The maximum Gasteiger partial charge on any atom is 0.413 e. The van der Waals surface area contributed by atoms with Crippen molar-refractivity contribution >= 4 is 0 Å². The second-order valence-electron chi connectivity index (χ2n) is 2.89. The molecule has 6 heteroatoms. The van der Waals surface area contributed by atoms with Gasteiger partial charge in [-0.1, -0.05) is 12.1 Å². The van der Waals surface area contributed by atoms with Gasteiger partial charge in [-0.25, -0.2) is 0 Å².